The molecule has 5 aliphatic rings. The van der Waals surface area contributed by atoms with Crippen LogP contribution in [0.4, 0.5) is 0 Å². The third-order valence-corrected chi connectivity index (χ3v) is 9.29. The maximum absolute atomic E-state index is 11.6. The number of rotatable bonds is 3. The smallest absolute Gasteiger partial charge is 0.165 e. The van der Waals surface area contributed by atoms with Crippen molar-refractivity contribution in [3.05, 3.63) is 59.2 Å². The zero-order valence-corrected chi connectivity index (χ0v) is 18.1. The van der Waals surface area contributed by atoms with Crippen molar-refractivity contribution in [3.8, 4) is 11.5 Å². The Kier molecular flexibility index (Phi) is 3.60. The van der Waals surface area contributed by atoms with E-state index in [4.69, 9.17) is 14.2 Å². The van der Waals surface area contributed by atoms with Crippen molar-refractivity contribution in [3.63, 3.8) is 0 Å². The van der Waals surface area contributed by atoms with Gasteiger partial charge in [0.25, 0.3) is 0 Å². The van der Waals surface area contributed by atoms with E-state index >= 15 is 0 Å². The van der Waals surface area contributed by atoms with Gasteiger partial charge >= 0.3 is 0 Å². The molecule has 2 aliphatic carbocycles. The van der Waals surface area contributed by atoms with Gasteiger partial charge in [0.05, 0.1) is 19.6 Å². The molecule has 7 atom stereocenters. The first-order chi connectivity index (χ1) is 15.1. The highest BCUT2D eigenvalue weighted by Crippen LogP contribution is 2.69. The summed E-state index contributed by atoms with van der Waals surface area (Å²) in [5.41, 5.74) is 3.18. The first kappa shape index (κ1) is 18.5. The number of aliphatic hydroxyl groups is 1. The molecule has 2 aromatic rings. The number of benzene rings is 2. The molecular formula is C26H29NO4. The van der Waals surface area contributed by atoms with Crippen LogP contribution < -0.4 is 9.47 Å². The molecule has 1 N–H and O–H groups in total. The molecule has 1 saturated carbocycles. The van der Waals surface area contributed by atoms with Crippen LogP contribution in [0.25, 0.3) is 0 Å². The lowest BCUT2D eigenvalue weighted by Crippen LogP contribution is -2.76. The molecule has 162 valence electrons. The van der Waals surface area contributed by atoms with E-state index in [1.54, 1.807) is 7.11 Å². The van der Waals surface area contributed by atoms with Gasteiger partial charge in [-0.15, -0.1) is 0 Å². The Morgan fingerprint density at radius 3 is 2.74 bits per heavy atom. The number of hydrogen-bond acceptors (Lipinski definition) is 5. The average Bonchev–Trinajstić information content (AvgIpc) is 3.11. The Morgan fingerprint density at radius 2 is 2.00 bits per heavy atom. The summed E-state index contributed by atoms with van der Waals surface area (Å²) in [4.78, 5) is 2.53. The zero-order chi connectivity index (χ0) is 21.0. The summed E-state index contributed by atoms with van der Waals surface area (Å²) in [6.07, 6.45) is 2.37. The summed E-state index contributed by atoms with van der Waals surface area (Å²) in [5.74, 6) is 2.36. The van der Waals surface area contributed by atoms with Crippen molar-refractivity contribution in [1.82, 2.24) is 4.90 Å². The van der Waals surface area contributed by atoms with E-state index in [0.717, 1.165) is 42.9 Å². The zero-order valence-electron chi connectivity index (χ0n) is 18.1. The number of aliphatic hydroxyl groups excluding tert-OH is 1. The monoisotopic (exact) mass is 419 g/mol. The van der Waals surface area contributed by atoms with Crippen molar-refractivity contribution in [1.29, 1.82) is 0 Å². The molecule has 1 spiro atoms. The highest BCUT2D eigenvalue weighted by atomic mass is 16.6. The fourth-order valence-electron chi connectivity index (χ4n) is 7.85. The predicted molar refractivity (Wildman–Crippen MR) is 116 cm³/mol. The van der Waals surface area contributed by atoms with Gasteiger partial charge in [0.2, 0.25) is 0 Å². The number of methoxy groups -OCH3 is 1. The van der Waals surface area contributed by atoms with Gasteiger partial charge in [-0.05, 0) is 56.0 Å². The predicted octanol–water partition coefficient (Wildman–Crippen LogP) is 3.09. The van der Waals surface area contributed by atoms with Crippen molar-refractivity contribution in [2.75, 3.05) is 27.3 Å². The Hall–Kier alpha value is -2.08. The molecule has 1 unspecified atom stereocenters. The summed E-state index contributed by atoms with van der Waals surface area (Å²) < 4.78 is 19.0. The van der Waals surface area contributed by atoms with Crippen LogP contribution in [0.5, 0.6) is 11.5 Å². The maximum atomic E-state index is 11.6. The van der Waals surface area contributed by atoms with Gasteiger partial charge in [-0.2, -0.15) is 0 Å². The molecule has 5 heteroatoms. The second-order valence-electron chi connectivity index (χ2n) is 10.2. The maximum Gasteiger partial charge on any atom is 0.165 e. The van der Waals surface area contributed by atoms with Gasteiger partial charge < -0.3 is 24.2 Å². The largest absolute Gasteiger partial charge is 0.493 e. The lowest BCUT2D eigenvalue weighted by molar-refractivity contribution is -0.317. The fourth-order valence-corrected chi connectivity index (χ4v) is 7.85. The molecule has 2 bridgehead atoms. The highest BCUT2D eigenvalue weighted by molar-refractivity contribution is 5.61. The van der Waals surface area contributed by atoms with E-state index in [-0.39, 0.29) is 17.4 Å². The molecular weight excluding hydrogens is 390 g/mol. The quantitative estimate of drug-likeness (QED) is 0.829. The first-order valence-corrected chi connectivity index (χ1v) is 11.5. The minimum atomic E-state index is -0.647. The van der Waals surface area contributed by atoms with Crippen LogP contribution in [0.15, 0.2) is 42.5 Å². The number of hydrogen-bond donors (Lipinski definition) is 1. The summed E-state index contributed by atoms with van der Waals surface area (Å²) in [7, 11) is 3.99. The van der Waals surface area contributed by atoms with Crippen LogP contribution in [0.2, 0.25) is 0 Å². The van der Waals surface area contributed by atoms with E-state index in [1.807, 2.05) is 30.3 Å². The second kappa shape index (κ2) is 6.03. The molecule has 31 heavy (non-hydrogen) atoms. The van der Waals surface area contributed by atoms with Crippen LogP contribution in [-0.4, -0.2) is 55.1 Å². The van der Waals surface area contributed by atoms with Gasteiger partial charge in [-0.3, -0.25) is 0 Å². The van der Waals surface area contributed by atoms with E-state index < -0.39 is 11.7 Å². The van der Waals surface area contributed by atoms with E-state index in [2.05, 4.69) is 24.1 Å². The van der Waals surface area contributed by atoms with Crippen molar-refractivity contribution >= 4 is 0 Å². The van der Waals surface area contributed by atoms with Gasteiger partial charge in [-0.1, -0.05) is 36.4 Å². The van der Waals surface area contributed by atoms with Crippen LogP contribution in [0, 0.1) is 11.8 Å². The van der Waals surface area contributed by atoms with Gasteiger partial charge in [0, 0.05) is 17.0 Å². The number of ether oxygens (including phenoxy) is 3. The van der Waals surface area contributed by atoms with E-state index in [1.165, 1.54) is 11.1 Å². The van der Waals surface area contributed by atoms with Gasteiger partial charge in [0.15, 0.2) is 11.5 Å². The Labute approximate surface area is 182 Å². The number of piperidine rings is 1. The molecule has 0 amide bonds. The number of likely N-dealkylation sites (N-methyl/N-ethyl adjacent to an activating group) is 1. The SMILES string of the molecule is COc1ccc2c3c1O[C@H]1[C@H]4CO[C@@]4(C(O)c4ccccc4)C[C@H]4[C@@H](C2)N(C)CC[C@@]341. The number of fused-ring (bicyclic) bond motifs is 2. The first-order valence-electron chi connectivity index (χ1n) is 11.5. The molecule has 7 rings (SSSR count). The molecule has 2 saturated heterocycles. The Balaban J connectivity index is 1.41. The Bertz CT molecular complexity index is 1060. The number of likely N-dealkylation sites (tertiary alicyclic amines) is 1. The van der Waals surface area contributed by atoms with Crippen LogP contribution >= 0.6 is 0 Å². The normalized spacial score (nSPS) is 40.2. The van der Waals surface area contributed by atoms with Crippen LogP contribution in [0.1, 0.15) is 35.6 Å². The highest BCUT2D eigenvalue weighted by Gasteiger charge is 2.74. The van der Waals surface area contributed by atoms with E-state index in [9.17, 15) is 5.11 Å². The lowest BCUT2D eigenvalue weighted by atomic mass is 9.45. The number of nitrogens with zero attached hydrogens (tertiary/aromatic N) is 1. The van der Waals surface area contributed by atoms with Crippen molar-refractivity contribution in [2.45, 2.75) is 48.5 Å². The lowest BCUT2D eigenvalue weighted by Gasteiger charge is -2.67. The third kappa shape index (κ3) is 2.04. The summed E-state index contributed by atoms with van der Waals surface area (Å²) >= 11 is 0. The third-order valence-electron chi connectivity index (χ3n) is 9.29. The van der Waals surface area contributed by atoms with Gasteiger partial charge in [-0.25, -0.2) is 0 Å². The van der Waals surface area contributed by atoms with Crippen molar-refractivity contribution < 1.29 is 19.3 Å². The molecule has 3 aliphatic heterocycles. The summed E-state index contributed by atoms with van der Waals surface area (Å²) in [5, 5.41) is 11.6. The molecule has 5 nitrogen and oxygen atoms in total. The standard InChI is InChI=1S/C26H29NO4/c1-27-11-10-25-17-13-26(23(28)15-6-4-3-5-7-15)18(14-30-26)24(25)31-22-20(29-2)9-8-16(21(22)25)12-19(17)27/h3-9,17-19,23-24,28H,10-14H2,1-2H3/t17-,18+,19+,23?,24-,25-,26-/m0/s1. The second-order valence-corrected chi connectivity index (χ2v) is 10.2. The summed E-state index contributed by atoms with van der Waals surface area (Å²) in [6, 6.07) is 14.8. The molecule has 0 radical (unpaired) electrons. The van der Waals surface area contributed by atoms with Crippen molar-refractivity contribution in [2.24, 2.45) is 11.8 Å². The fraction of sp³-hybridized carbons (Fsp3) is 0.538. The molecule has 0 aromatic heterocycles. The topological polar surface area (TPSA) is 51.2 Å². The molecule has 3 heterocycles. The van der Waals surface area contributed by atoms with Crippen LogP contribution in [-0.2, 0) is 16.6 Å². The van der Waals surface area contributed by atoms with Gasteiger partial charge in [0.1, 0.15) is 17.8 Å². The van der Waals surface area contributed by atoms with Crippen LogP contribution in [0.3, 0.4) is 0 Å². The Morgan fingerprint density at radius 1 is 1.16 bits per heavy atom. The summed E-state index contributed by atoms with van der Waals surface area (Å²) in [6.45, 7) is 1.73. The van der Waals surface area contributed by atoms with E-state index in [0.29, 0.717) is 18.6 Å². The average molecular weight is 420 g/mol. The minimum absolute atomic E-state index is 0.00296. The molecule has 3 fully saturated rings. The minimum Gasteiger partial charge on any atom is -0.493 e. The molecule has 2 aromatic carbocycles.